The zero-order valence-electron chi connectivity index (χ0n) is 37.9. The largest absolute Gasteiger partial charge is 0.309 e. The average molecular weight is 876 g/mol. The van der Waals surface area contributed by atoms with E-state index in [9.17, 15) is 0 Å². The summed E-state index contributed by atoms with van der Waals surface area (Å²) in [5, 5.41) is 0. The number of fused-ring (bicyclic) bond motifs is 13. The lowest BCUT2D eigenvalue weighted by Crippen LogP contribution is -2.30. The van der Waals surface area contributed by atoms with Gasteiger partial charge in [-0.25, -0.2) is 0 Å². The number of rotatable bonds is 7. The molecule has 14 rings (SSSR count). The van der Waals surface area contributed by atoms with Gasteiger partial charge < -0.3 is 4.90 Å². The van der Waals surface area contributed by atoms with E-state index in [1.807, 2.05) is 0 Å². The van der Waals surface area contributed by atoms with E-state index in [0.29, 0.717) is 0 Å². The van der Waals surface area contributed by atoms with Crippen molar-refractivity contribution in [2.75, 3.05) is 4.90 Å². The number of para-hydroxylation sites is 1. The van der Waals surface area contributed by atoms with Gasteiger partial charge in [-0.1, -0.05) is 243 Å². The van der Waals surface area contributed by atoms with Crippen molar-refractivity contribution in [1.82, 2.24) is 0 Å². The van der Waals surface area contributed by atoms with Gasteiger partial charge in [-0.2, -0.15) is 0 Å². The highest BCUT2D eigenvalue weighted by Crippen LogP contribution is 2.69. The minimum Gasteiger partial charge on any atom is -0.309 e. The summed E-state index contributed by atoms with van der Waals surface area (Å²) in [5.74, 6) is 0. The molecule has 0 saturated carbocycles. The molecule has 322 valence electrons. The number of hydrogen-bond donors (Lipinski definition) is 0. The molecule has 11 aromatic carbocycles. The van der Waals surface area contributed by atoms with Crippen LogP contribution in [0.4, 0.5) is 17.1 Å². The lowest BCUT2D eigenvalue weighted by molar-refractivity contribution is 0.753. The molecule has 1 nitrogen and oxygen atoms in total. The minimum absolute atomic E-state index is 0.592. The fourth-order valence-corrected chi connectivity index (χ4v) is 12.6. The normalized spacial score (nSPS) is 13.7. The highest BCUT2D eigenvalue weighted by Gasteiger charge is 2.56. The summed E-state index contributed by atoms with van der Waals surface area (Å²) in [5.41, 5.74) is 24.8. The Balaban J connectivity index is 1.21. The van der Waals surface area contributed by atoms with Crippen LogP contribution in [-0.4, -0.2) is 0 Å². The molecule has 3 aliphatic rings. The number of hydrogen-bond acceptors (Lipinski definition) is 1. The van der Waals surface area contributed by atoms with E-state index >= 15 is 0 Å². The molecular formula is C68H45N. The molecule has 1 spiro atoms. The molecule has 0 aliphatic heterocycles. The van der Waals surface area contributed by atoms with Gasteiger partial charge in [0.1, 0.15) is 0 Å². The number of benzene rings is 11. The molecule has 69 heavy (non-hydrogen) atoms. The zero-order chi connectivity index (χ0) is 45.5. The van der Waals surface area contributed by atoms with Crippen LogP contribution in [0.1, 0.15) is 44.5 Å². The van der Waals surface area contributed by atoms with E-state index in [0.717, 1.165) is 11.4 Å². The van der Waals surface area contributed by atoms with Crippen LogP contribution >= 0.6 is 0 Å². The molecule has 0 N–H and O–H groups in total. The van der Waals surface area contributed by atoms with Gasteiger partial charge in [0.2, 0.25) is 0 Å². The van der Waals surface area contributed by atoms with Crippen molar-refractivity contribution in [1.29, 1.82) is 0 Å². The fraction of sp³-hybridized carbons (Fsp3) is 0.0294. The lowest BCUT2D eigenvalue weighted by Gasteiger charge is -2.37. The van der Waals surface area contributed by atoms with E-state index in [-0.39, 0.29) is 0 Å². The first-order valence-corrected chi connectivity index (χ1v) is 24.1. The molecular weight excluding hydrogens is 831 g/mol. The maximum atomic E-state index is 2.66. The summed E-state index contributed by atoms with van der Waals surface area (Å²) in [6, 6.07) is 102. The van der Waals surface area contributed by atoms with Crippen LogP contribution in [0.25, 0.3) is 55.6 Å². The maximum absolute atomic E-state index is 2.66. The van der Waals surface area contributed by atoms with E-state index in [1.165, 1.54) is 106 Å². The first-order valence-electron chi connectivity index (χ1n) is 24.1. The molecule has 0 aromatic heterocycles. The quantitative estimate of drug-likeness (QED) is 0.154. The van der Waals surface area contributed by atoms with Gasteiger partial charge >= 0.3 is 0 Å². The topological polar surface area (TPSA) is 3.24 Å². The van der Waals surface area contributed by atoms with Crippen molar-refractivity contribution in [2.45, 2.75) is 10.8 Å². The van der Waals surface area contributed by atoms with Gasteiger partial charge in [0, 0.05) is 22.5 Å². The molecule has 0 unspecified atom stereocenters. The van der Waals surface area contributed by atoms with E-state index in [2.05, 4.69) is 278 Å². The van der Waals surface area contributed by atoms with Crippen LogP contribution < -0.4 is 4.90 Å². The third-order valence-electron chi connectivity index (χ3n) is 15.3. The second kappa shape index (κ2) is 15.4. The van der Waals surface area contributed by atoms with Crippen LogP contribution in [0.3, 0.4) is 0 Å². The average Bonchev–Trinajstić information content (AvgIpc) is 4.02. The highest BCUT2D eigenvalue weighted by molar-refractivity contribution is 6.10. The molecule has 0 atom stereocenters. The molecule has 1 heteroatoms. The Morgan fingerprint density at radius 3 is 1.17 bits per heavy atom. The number of nitrogens with zero attached hydrogens (tertiary/aromatic N) is 1. The first kappa shape index (κ1) is 39.4. The van der Waals surface area contributed by atoms with E-state index in [1.54, 1.807) is 0 Å². The standard InChI is InChI=1S/C68H45N/c1-6-22-46(23-7-1)48-38-41-53(42-39-48)69(52-30-14-5-15-31-52)66-64-56-34-18-21-37-60(56)68(58-35-19-16-32-54(58)55-33-17-20-36-59(55)68)63(64)45-62-65(66)57-44-49(47-24-8-2-9-25-47)40-43-61(57)67(62,50-26-10-3-11-27-50)51-28-12-4-13-29-51/h1-45H. The van der Waals surface area contributed by atoms with Crippen LogP contribution in [0.15, 0.2) is 273 Å². The SMILES string of the molecule is c1ccc(-c2ccc(N(c3ccccc3)c3c4c(cc5c3-c3ccccc3C53c5ccccc5-c5ccccc53)C(c3ccccc3)(c3ccccc3)c3ccc(-c5ccccc5)cc3-4)cc2)cc1. The molecule has 0 radical (unpaired) electrons. The summed E-state index contributed by atoms with van der Waals surface area (Å²) < 4.78 is 0. The first-order chi connectivity index (χ1) is 34.3. The molecule has 0 heterocycles. The molecule has 3 aliphatic carbocycles. The fourth-order valence-electron chi connectivity index (χ4n) is 12.6. The Morgan fingerprint density at radius 2 is 0.609 bits per heavy atom. The third-order valence-corrected chi connectivity index (χ3v) is 15.3. The van der Waals surface area contributed by atoms with Gasteiger partial charge in [0.15, 0.2) is 0 Å². The maximum Gasteiger partial charge on any atom is 0.0726 e. The van der Waals surface area contributed by atoms with Gasteiger partial charge in [-0.3, -0.25) is 0 Å². The predicted molar refractivity (Wildman–Crippen MR) is 286 cm³/mol. The Hall–Kier alpha value is -8.78. The predicted octanol–water partition coefficient (Wildman–Crippen LogP) is 17.2. The van der Waals surface area contributed by atoms with Crippen molar-refractivity contribution in [2.24, 2.45) is 0 Å². The van der Waals surface area contributed by atoms with Crippen LogP contribution in [-0.2, 0) is 10.8 Å². The summed E-state index contributed by atoms with van der Waals surface area (Å²) in [6.07, 6.45) is 0. The molecule has 11 aromatic rings. The highest BCUT2D eigenvalue weighted by atomic mass is 15.1. The summed E-state index contributed by atoms with van der Waals surface area (Å²) in [6.45, 7) is 0. The summed E-state index contributed by atoms with van der Waals surface area (Å²) in [7, 11) is 0. The van der Waals surface area contributed by atoms with Crippen molar-refractivity contribution < 1.29 is 0 Å². The molecule has 0 saturated heterocycles. The molecule has 0 bridgehead atoms. The molecule has 0 amide bonds. The number of anilines is 3. The second-order valence-electron chi connectivity index (χ2n) is 18.6. The minimum atomic E-state index is -0.681. The van der Waals surface area contributed by atoms with Crippen LogP contribution in [0, 0.1) is 0 Å². The van der Waals surface area contributed by atoms with Crippen molar-refractivity contribution in [3.8, 4) is 55.6 Å². The van der Waals surface area contributed by atoms with E-state index < -0.39 is 10.8 Å². The van der Waals surface area contributed by atoms with E-state index in [4.69, 9.17) is 0 Å². The Bertz CT molecular complexity index is 3660. The van der Waals surface area contributed by atoms with Gasteiger partial charge in [-0.15, -0.1) is 0 Å². The van der Waals surface area contributed by atoms with Crippen LogP contribution in [0.2, 0.25) is 0 Å². The van der Waals surface area contributed by atoms with Crippen molar-refractivity contribution in [3.63, 3.8) is 0 Å². The van der Waals surface area contributed by atoms with Gasteiger partial charge in [0.05, 0.1) is 16.5 Å². The Labute approximate surface area is 403 Å². The summed E-state index contributed by atoms with van der Waals surface area (Å²) >= 11 is 0. The smallest absolute Gasteiger partial charge is 0.0726 e. The summed E-state index contributed by atoms with van der Waals surface area (Å²) in [4.78, 5) is 2.58. The molecule has 0 fully saturated rings. The van der Waals surface area contributed by atoms with Crippen molar-refractivity contribution >= 4 is 17.1 Å². The Kier molecular flexibility index (Phi) is 8.78. The van der Waals surface area contributed by atoms with Gasteiger partial charge in [0.25, 0.3) is 0 Å². The van der Waals surface area contributed by atoms with Gasteiger partial charge in [-0.05, 0) is 119 Å². The van der Waals surface area contributed by atoms with Crippen LogP contribution in [0.5, 0.6) is 0 Å². The second-order valence-corrected chi connectivity index (χ2v) is 18.6. The monoisotopic (exact) mass is 875 g/mol. The third kappa shape index (κ3) is 5.53. The zero-order valence-corrected chi connectivity index (χ0v) is 37.9. The lowest BCUT2D eigenvalue weighted by atomic mass is 9.65. The van der Waals surface area contributed by atoms with Crippen molar-refractivity contribution in [3.05, 3.63) is 317 Å². The Morgan fingerprint density at radius 1 is 0.232 bits per heavy atom.